The lowest BCUT2D eigenvalue weighted by Gasteiger charge is -2.40. The fraction of sp³-hybridized carbons (Fsp3) is 0.450. The Balaban J connectivity index is 1.04. The van der Waals surface area contributed by atoms with Crippen molar-refractivity contribution in [3.63, 3.8) is 0 Å². The van der Waals surface area contributed by atoms with Crippen LogP contribution >= 0.6 is 0 Å². The van der Waals surface area contributed by atoms with E-state index in [4.69, 9.17) is 9.47 Å². The van der Waals surface area contributed by atoms with E-state index in [1.807, 2.05) is 106 Å². The van der Waals surface area contributed by atoms with E-state index in [1.165, 1.54) is 26.3 Å². The number of carboxylic acid groups (broad SMARTS) is 1. The summed E-state index contributed by atoms with van der Waals surface area (Å²) in [4.78, 5) is 104. The number of fused-ring (bicyclic) bond motifs is 3. The van der Waals surface area contributed by atoms with Crippen molar-refractivity contribution < 1.29 is 48.1 Å². The molecule has 3 heterocycles. The average molecular weight is 1070 g/mol. The molecule has 1 aliphatic carbocycles. The van der Waals surface area contributed by atoms with Gasteiger partial charge in [-0.2, -0.15) is 0 Å². The highest BCUT2D eigenvalue weighted by molar-refractivity contribution is 5.96. The number of carbonyl (C=O) groups excluding carboxylic acids is 6. The molecule has 1 fully saturated rings. The van der Waals surface area contributed by atoms with E-state index in [2.05, 4.69) is 22.0 Å². The summed E-state index contributed by atoms with van der Waals surface area (Å²) in [5.74, 6) is -1.85. The third-order valence-electron chi connectivity index (χ3n) is 15.2. The van der Waals surface area contributed by atoms with E-state index in [-0.39, 0.29) is 56.9 Å². The van der Waals surface area contributed by atoms with Gasteiger partial charge in [0.2, 0.25) is 23.6 Å². The molecule has 18 heteroatoms. The number of ether oxygens (including phenoxy) is 2. The third kappa shape index (κ3) is 12.7. The van der Waals surface area contributed by atoms with Crippen LogP contribution in [0, 0.1) is 5.41 Å². The van der Waals surface area contributed by atoms with E-state index < -0.39 is 77.3 Å². The van der Waals surface area contributed by atoms with Crippen LogP contribution in [0.3, 0.4) is 0 Å². The number of likely N-dealkylation sites (tertiary alicyclic amines) is 1. The van der Waals surface area contributed by atoms with Gasteiger partial charge in [-0.25, -0.2) is 14.4 Å². The van der Waals surface area contributed by atoms with Crippen LogP contribution in [0.2, 0.25) is 0 Å². The molecule has 4 N–H and O–H groups in total. The summed E-state index contributed by atoms with van der Waals surface area (Å²) in [6.07, 6.45) is 2.50. The van der Waals surface area contributed by atoms with Crippen LogP contribution in [0.5, 0.6) is 0 Å². The fourth-order valence-electron chi connectivity index (χ4n) is 10.9. The van der Waals surface area contributed by atoms with E-state index in [9.17, 15) is 33.9 Å². The number of nitrogens with one attached hydrogen (secondary N) is 3. The Kier molecular flexibility index (Phi) is 17.0. The number of hydrogen-bond acceptors (Lipinski definition) is 9. The zero-order chi connectivity index (χ0) is 56.2. The fourth-order valence-corrected chi connectivity index (χ4v) is 10.9. The van der Waals surface area contributed by atoms with Gasteiger partial charge in [0.1, 0.15) is 29.8 Å². The lowest BCUT2D eigenvalue weighted by molar-refractivity contribution is -0.144. The Labute approximate surface area is 456 Å². The zero-order valence-corrected chi connectivity index (χ0v) is 46.2. The molecule has 5 aromatic rings. The Morgan fingerprint density at radius 1 is 0.808 bits per heavy atom. The standard InChI is InChI=1S/C60H74N8O10/c1-37(64(8)58(76)78-60(5,6)7)52(69)63-51(59(2,3)4)55(72)67-35-44(32-48(67)53(70)62-46-25-17-23-39-18-15-16-24-45(39)46)61-56(73)65-29-28-42-30-38(26-27-47(42)65)33-66(50(36-77-9)40-19-11-10-12-20-40)54(71)49-31-41-21-13-14-22-43(41)34-68(49)57(74)75/h10-16,18-22,24,26-30,37,44,46,48-51H,17,23,25,31-36H2,1-9H3,(H,61,73)(H,62,70)(H,63,69)(H,74,75)/t37?,44-,46+,48-,49?,50+,51?/m0/s1. The maximum Gasteiger partial charge on any atom is 0.410 e. The van der Waals surface area contributed by atoms with Crippen molar-refractivity contribution in [2.75, 3.05) is 27.3 Å². The van der Waals surface area contributed by atoms with Crippen LogP contribution in [0.1, 0.15) is 113 Å². The van der Waals surface area contributed by atoms with Crippen molar-refractivity contribution in [3.8, 4) is 0 Å². The highest BCUT2D eigenvalue weighted by Crippen LogP contribution is 2.34. The summed E-state index contributed by atoms with van der Waals surface area (Å²) >= 11 is 0. The maximum atomic E-state index is 15.0. The molecule has 8 rings (SSSR count). The molecule has 1 saturated heterocycles. The quantitative estimate of drug-likeness (QED) is 0.0842. The van der Waals surface area contributed by atoms with Gasteiger partial charge in [-0.15, -0.1) is 0 Å². The predicted molar refractivity (Wildman–Crippen MR) is 294 cm³/mol. The number of methoxy groups -OCH3 is 1. The average Bonchev–Trinajstić information content (AvgIpc) is 4.14. The molecular formula is C60H74N8O10. The SMILES string of the molecule is COC[C@H](c1ccccc1)N(Cc1ccc2c(ccn2C(=O)N[C@H]2C[C@@H](C(=O)N[C@@H]3CCCc4ccccc43)N(C(=O)C(NC(=O)C(C)N(C)C(=O)OC(C)(C)C)C(C)(C)C)C2)c1)C(=O)C1Cc2ccccc2CN1C(=O)O. The molecule has 3 unspecified atom stereocenters. The number of rotatable bonds is 14. The van der Waals surface area contributed by atoms with Gasteiger partial charge < -0.3 is 40.3 Å². The summed E-state index contributed by atoms with van der Waals surface area (Å²) < 4.78 is 12.7. The van der Waals surface area contributed by atoms with Gasteiger partial charge in [0, 0.05) is 45.3 Å². The molecule has 0 saturated carbocycles. The molecule has 0 spiro atoms. The minimum Gasteiger partial charge on any atom is -0.465 e. The largest absolute Gasteiger partial charge is 0.465 e. The first kappa shape index (κ1) is 56.5. The molecule has 78 heavy (non-hydrogen) atoms. The first-order chi connectivity index (χ1) is 37.0. The number of carbonyl (C=O) groups is 7. The molecule has 18 nitrogen and oxygen atoms in total. The number of aryl methyl sites for hydroxylation is 1. The summed E-state index contributed by atoms with van der Waals surface area (Å²) in [5, 5.41) is 20.3. The van der Waals surface area contributed by atoms with E-state index in [0.717, 1.165) is 46.2 Å². The van der Waals surface area contributed by atoms with E-state index in [1.54, 1.807) is 58.0 Å². The van der Waals surface area contributed by atoms with Crippen molar-refractivity contribution in [2.45, 2.75) is 142 Å². The van der Waals surface area contributed by atoms with Crippen LogP contribution < -0.4 is 16.0 Å². The molecule has 1 aromatic heterocycles. The highest BCUT2D eigenvalue weighted by atomic mass is 16.6. The Bertz CT molecular complexity index is 3040. The number of benzene rings is 4. The number of likely N-dealkylation sites (N-methyl/N-ethyl adjacent to an activating group) is 1. The van der Waals surface area contributed by atoms with Crippen LogP contribution in [-0.4, -0.2) is 134 Å². The minimum absolute atomic E-state index is 0.0388. The lowest BCUT2D eigenvalue weighted by Crippen LogP contribution is -2.60. The van der Waals surface area contributed by atoms with Gasteiger partial charge in [0.15, 0.2) is 0 Å². The van der Waals surface area contributed by atoms with E-state index in [0.29, 0.717) is 17.3 Å². The number of nitrogens with zero attached hydrogens (tertiary/aromatic N) is 5. The molecule has 2 aliphatic heterocycles. The minimum atomic E-state index is -1.19. The van der Waals surface area contributed by atoms with E-state index >= 15 is 4.79 Å². The topological polar surface area (TPSA) is 212 Å². The Morgan fingerprint density at radius 3 is 2.17 bits per heavy atom. The predicted octanol–water partition coefficient (Wildman–Crippen LogP) is 7.97. The molecule has 3 aliphatic rings. The van der Waals surface area contributed by atoms with Crippen LogP contribution in [0.15, 0.2) is 109 Å². The summed E-state index contributed by atoms with van der Waals surface area (Å²) in [5.41, 5.74) is 4.38. The van der Waals surface area contributed by atoms with Gasteiger partial charge in [-0.05, 0) is 110 Å². The second-order valence-corrected chi connectivity index (χ2v) is 22.9. The molecule has 0 bridgehead atoms. The molecular weight excluding hydrogens is 993 g/mol. The van der Waals surface area contributed by atoms with Crippen molar-refractivity contribution in [1.29, 1.82) is 0 Å². The lowest BCUT2D eigenvalue weighted by atomic mass is 9.85. The second kappa shape index (κ2) is 23.5. The first-order valence-electron chi connectivity index (χ1n) is 26.8. The number of aromatic nitrogens is 1. The van der Waals surface area contributed by atoms with Crippen LogP contribution in [-0.2, 0) is 54.6 Å². The monoisotopic (exact) mass is 1070 g/mol. The molecule has 414 valence electrons. The van der Waals surface area contributed by atoms with Crippen molar-refractivity contribution in [2.24, 2.45) is 5.41 Å². The molecule has 4 aromatic carbocycles. The second-order valence-electron chi connectivity index (χ2n) is 22.9. The summed E-state index contributed by atoms with van der Waals surface area (Å²) in [6, 6.07) is 26.1. The normalized spacial score (nSPS) is 19.3. The van der Waals surface area contributed by atoms with Crippen molar-refractivity contribution in [1.82, 2.24) is 40.1 Å². The van der Waals surface area contributed by atoms with Gasteiger partial charge in [-0.1, -0.05) is 106 Å². The van der Waals surface area contributed by atoms with Gasteiger partial charge in [0.05, 0.1) is 36.8 Å². The summed E-state index contributed by atoms with van der Waals surface area (Å²) in [7, 11) is 3.01. The van der Waals surface area contributed by atoms with Gasteiger partial charge >= 0.3 is 18.2 Å². The molecule has 0 radical (unpaired) electrons. The summed E-state index contributed by atoms with van der Waals surface area (Å²) in [6.45, 7) is 12.4. The molecule has 7 amide bonds. The number of amides is 7. The smallest absolute Gasteiger partial charge is 0.410 e. The zero-order valence-electron chi connectivity index (χ0n) is 46.2. The van der Waals surface area contributed by atoms with Crippen LogP contribution in [0.4, 0.5) is 14.4 Å². The molecule has 7 atom stereocenters. The number of hydrogen-bond donors (Lipinski definition) is 4. The first-order valence-corrected chi connectivity index (χ1v) is 26.8. The van der Waals surface area contributed by atoms with Crippen molar-refractivity contribution >= 4 is 52.7 Å². The Hall–Kier alpha value is -7.73. The van der Waals surface area contributed by atoms with Crippen molar-refractivity contribution in [3.05, 3.63) is 143 Å². The third-order valence-corrected chi connectivity index (χ3v) is 15.2. The Morgan fingerprint density at radius 2 is 1.49 bits per heavy atom. The van der Waals surface area contributed by atoms with Gasteiger partial charge in [0.25, 0.3) is 0 Å². The maximum absolute atomic E-state index is 15.0. The highest BCUT2D eigenvalue weighted by Gasteiger charge is 2.47. The van der Waals surface area contributed by atoms with Gasteiger partial charge in [-0.3, -0.25) is 33.5 Å². The van der Waals surface area contributed by atoms with Crippen LogP contribution in [0.25, 0.3) is 10.9 Å².